The van der Waals surface area contributed by atoms with Crippen LogP contribution in [0.4, 0.5) is 0 Å². The summed E-state index contributed by atoms with van der Waals surface area (Å²) >= 11 is 0. The number of hydrogen-bond donors (Lipinski definition) is 2. The molecule has 0 radical (unpaired) electrons. The van der Waals surface area contributed by atoms with Crippen LogP contribution in [0.15, 0.2) is 9.52 Å². The van der Waals surface area contributed by atoms with Gasteiger partial charge < -0.3 is 20.1 Å². The minimum atomic E-state index is 0.250. The number of likely N-dealkylation sites (tertiary alicyclic amines) is 1. The van der Waals surface area contributed by atoms with E-state index in [0.717, 1.165) is 63.5 Å². The number of carbonyl (C=O) groups is 1. The minimum Gasteiger partial charge on any atom is -0.357 e. The second kappa shape index (κ2) is 11.3. The van der Waals surface area contributed by atoms with E-state index in [1.54, 1.807) is 0 Å². The number of hydrogen-bond acceptors (Lipinski definition) is 5. The van der Waals surface area contributed by atoms with Crippen molar-refractivity contribution in [3.8, 4) is 0 Å². The molecular weight excluding hydrogens is 380 g/mol. The molecule has 1 aromatic heterocycles. The third kappa shape index (κ3) is 6.44. The molecule has 2 N–H and O–H groups in total. The number of aliphatic imine (C=N–C) groups is 1. The Hall–Kier alpha value is -2.12. The lowest BCUT2D eigenvalue weighted by molar-refractivity contribution is -0.135. The van der Waals surface area contributed by atoms with Gasteiger partial charge in [-0.05, 0) is 32.6 Å². The Balaban J connectivity index is 1.43. The fourth-order valence-corrected chi connectivity index (χ4v) is 4.22. The van der Waals surface area contributed by atoms with Crippen LogP contribution >= 0.6 is 0 Å². The molecular formula is C22H38N6O2. The Morgan fingerprint density at radius 3 is 2.77 bits per heavy atom. The summed E-state index contributed by atoms with van der Waals surface area (Å²) in [7, 11) is 0. The topological polar surface area (TPSA) is 95.7 Å². The van der Waals surface area contributed by atoms with Gasteiger partial charge in [0.25, 0.3) is 0 Å². The maximum atomic E-state index is 12.8. The van der Waals surface area contributed by atoms with Gasteiger partial charge in [-0.25, -0.2) is 0 Å². The molecule has 1 unspecified atom stereocenters. The number of aryl methyl sites for hydroxylation is 1. The molecule has 8 nitrogen and oxygen atoms in total. The molecule has 1 saturated carbocycles. The van der Waals surface area contributed by atoms with Gasteiger partial charge in [0.15, 0.2) is 11.8 Å². The summed E-state index contributed by atoms with van der Waals surface area (Å²) in [6.45, 7) is 9.30. The number of guanidine groups is 1. The lowest BCUT2D eigenvalue weighted by atomic mass is 9.88. The highest BCUT2D eigenvalue weighted by atomic mass is 16.5. The van der Waals surface area contributed by atoms with Gasteiger partial charge in [0.2, 0.25) is 11.8 Å². The molecule has 2 heterocycles. The zero-order chi connectivity index (χ0) is 21.3. The van der Waals surface area contributed by atoms with Crippen LogP contribution in [0.5, 0.6) is 0 Å². The van der Waals surface area contributed by atoms with Gasteiger partial charge in [0.05, 0.1) is 0 Å². The molecule has 30 heavy (non-hydrogen) atoms. The third-order valence-electron chi connectivity index (χ3n) is 5.96. The van der Waals surface area contributed by atoms with Crippen LogP contribution < -0.4 is 10.6 Å². The molecule has 1 aliphatic carbocycles. The van der Waals surface area contributed by atoms with E-state index in [9.17, 15) is 4.79 Å². The standard InChI is InChI=1S/C22H38N6O2/c1-4-23-22(24-13-8-11-19-26-20(16(2)3)27-30-19)25-18-12-14-28(15-18)21(29)17-9-6-5-7-10-17/h16-18H,4-15H2,1-3H3,(H2,23,24,25). The zero-order valence-corrected chi connectivity index (χ0v) is 18.8. The smallest absolute Gasteiger partial charge is 0.226 e. The molecule has 0 spiro atoms. The second-order valence-electron chi connectivity index (χ2n) is 8.81. The van der Waals surface area contributed by atoms with Crippen LogP contribution in [0.1, 0.15) is 83.3 Å². The fraction of sp³-hybridized carbons (Fsp3) is 0.818. The van der Waals surface area contributed by atoms with Crippen molar-refractivity contribution in [2.75, 3.05) is 26.2 Å². The second-order valence-corrected chi connectivity index (χ2v) is 8.81. The largest absolute Gasteiger partial charge is 0.357 e. The molecule has 1 saturated heterocycles. The maximum absolute atomic E-state index is 12.8. The molecule has 0 bridgehead atoms. The molecule has 8 heteroatoms. The van der Waals surface area contributed by atoms with E-state index in [1.165, 1.54) is 19.3 Å². The highest BCUT2D eigenvalue weighted by Gasteiger charge is 2.31. The SMILES string of the molecule is CCNC(=NCCCc1nc(C(C)C)no1)NC1CCN(C(=O)C2CCCCC2)C1. The Bertz CT molecular complexity index is 696. The molecule has 2 fully saturated rings. The molecule has 0 aromatic carbocycles. The van der Waals surface area contributed by atoms with Crippen LogP contribution in [-0.2, 0) is 11.2 Å². The monoisotopic (exact) mass is 418 g/mol. The fourth-order valence-electron chi connectivity index (χ4n) is 4.22. The molecule has 1 amide bonds. The van der Waals surface area contributed by atoms with E-state index in [0.29, 0.717) is 18.3 Å². The lowest BCUT2D eigenvalue weighted by Crippen LogP contribution is -2.45. The summed E-state index contributed by atoms with van der Waals surface area (Å²) in [5.74, 6) is 3.15. The lowest BCUT2D eigenvalue weighted by Gasteiger charge is -2.26. The summed E-state index contributed by atoms with van der Waals surface area (Å²) in [5.41, 5.74) is 0. The number of nitrogens with one attached hydrogen (secondary N) is 2. The van der Waals surface area contributed by atoms with Crippen LogP contribution in [-0.4, -0.2) is 59.1 Å². The van der Waals surface area contributed by atoms with Gasteiger partial charge in [0.1, 0.15) is 0 Å². The van der Waals surface area contributed by atoms with Crippen molar-refractivity contribution in [2.24, 2.45) is 10.9 Å². The van der Waals surface area contributed by atoms with Gasteiger partial charge in [-0.15, -0.1) is 0 Å². The van der Waals surface area contributed by atoms with Crippen molar-refractivity contribution in [2.45, 2.75) is 84.1 Å². The van der Waals surface area contributed by atoms with E-state index < -0.39 is 0 Å². The Morgan fingerprint density at radius 2 is 2.07 bits per heavy atom. The van der Waals surface area contributed by atoms with Gasteiger partial charge in [-0.2, -0.15) is 4.98 Å². The molecule has 1 aliphatic heterocycles. The Morgan fingerprint density at radius 1 is 1.27 bits per heavy atom. The van der Waals surface area contributed by atoms with Gasteiger partial charge in [-0.3, -0.25) is 9.79 Å². The summed E-state index contributed by atoms with van der Waals surface area (Å²) in [6, 6.07) is 0.264. The van der Waals surface area contributed by atoms with E-state index in [2.05, 4.69) is 46.4 Å². The first-order chi connectivity index (χ1) is 14.6. The quantitative estimate of drug-likeness (QED) is 0.383. The van der Waals surface area contributed by atoms with E-state index in [1.807, 2.05) is 0 Å². The predicted octanol–water partition coefficient (Wildman–Crippen LogP) is 2.86. The summed E-state index contributed by atoms with van der Waals surface area (Å²) in [6.07, 6.45) is 8.37. The van der Waals surface area contributed by atoms with E-state index in [4.69, 9.17) is 9.52 Å². The van der Waals surface area contributed by atoms with Gasteiger partial charge in [0, 0.05) is 50.5 Å². The van der Waals surface area contributed by atoms with Crippen LogP contribution in [0.3, 0.4) is 0 Å². The number of amides is 1. The van der Waals surface area contributed by atoms with Crippen molar-refractivity contribution >= 4 is 11.9 Å². The van der Waals surface area contributed by atoms with Crippen molar-refractivity contribution in [1.82, 2.24) is 25.7 Å². The van der Waals surface area contributed by atoms with Crippen LogP contribution in [0.2, 0.25) is 0 Å². The van der Waals surface area contributed by atoms with E-state index >= 15 is 0 Å². The highest BCUT2D eigenvalue weighted by Crippen LogP contribution is 2.26. The van der Waals surface area contributed by atoms with Crippen LogP contribution in [0.25, 0.3) is 0 Å². The Kier molecular flexibility index (Phi) is 8.51. The van der Waals surface area contributed by atoms with E-state index in [-0.39, 0.29) is 17.9 Å². The van der Waals surface area contributed by atoms with Gasteiger partial charge >= 0.3 is 0 Å². The van der Waals surface area contributed by atoms with Gasteiger partial charge in [-0.1, -0.05) is 38.3 Å². The number of carbonyl (C=O) groups excluding carboxylic acids is 1. The van der Waals surface area contributed by atoms with Crippen molar-refractivity contribution in [3.63, 3.8) is 0 Å². The average molecular weight is 419 g/mol. The average Bonchev–Trinajstić information content (AvgIpc) is 3.41. The third-order valence-corrected chi connectivity index (χ3v) is 5.96. The molecule has 168 valence electrons. The normalized spacial score (nSPS) is 20.7. The first-order valence-corrected chi connectivity index (χ1v) is 11.7. The molecule has 1 aromatic rings. The number of aromatic nitrogens is 2. The Labute approximate surface area is 180 Å². The molecule has 2 aliphatic rings. The summed E-state index contributed by atoms with van der Waals surface area (Å²) < 4.78 is 5.29. The highest BCUT2D eigenvalue weighted by molar-refractivity contribution is 5.81. The zero-order valence-electron chi connectivity index (χ0n) is 18.8. The minimum absolute atomic E-state index is 0.250. The first-order valence-electron chi connectivity index (χ1n) is 11.7. The number of rotatable bonds is 8. The summed E-state index contributed by atoms with van der Waals surface area (Å²) in [5, 5.41) is 10.8. The number of nitrogens with zero attached hydrogens (tertiary/aromatic N) is 4. The van der Waals surface area contributed by atoms with Crippen molar-refractivity contribution < 1.29 is 9.32 Å². The van der Waals surface area contributed by atoms with Crippen molar-refractivity contribution in [1.29, 1.82) is 0 Å². The predicted molar refractivity (Wildman–Crippen MR) is 117 cm³/mol. The van der Waals surface area contributed by atoms with Crippen molar-refractivity contribution in [3.05, 3.63) is 11.7 Å². The first kappa shape index (κ1) is 22.6. The van der Waals surface area contributed by atoms with Crippen LogP contribution in [0, 0.1) is 5.92 Å². The maximum Gasteiger partial charge on any atom is 0.226 e. The molecule has 3 rings (SSSR count). The molecule has 1 atom stereocenters. The summed E-state index contributed by atoms with van der Waals surface area (Å²) in [4.78, 5) is 23.9.